The summed E-state index contributed by atoms with van der Waals surface area (Å²) in [4.78, 5) is 34.1. The third-order valence-corrected chi connectivity index (χ3v) is 6.32. The zero-order valence-electron chi connectivity index (χ0n) is 19.9. The standard InChI is InChI=1S/C28H28N6O2/c29-9-11-31-27(35)19-5-7-23-21(13-19)15-25(33-23)17-1-2-18(4-3-17)26-16-22-14-20(6-8-24(22)34-26)28(36)32-12-10-30/h1-8,13-14H,9-12,15-16,29-30H2,(H,31,35)(H,32,36). The topological polar surface area (TPSA) is 135 Å². The van der Waals surface area contributed by atoms with Gasteiger partial charge in [-0.25, -0.2) is 0 Å². The van der Waals surface area contributed by atoms with Crippen LogP contribution in [0.4, 0.5) is 11.4 Å². The molecule has 2 amide bonds. The first-order valence-electron chi connectivity index (χ1n) is 12.0. The van der Waals surface area contributed by atoms with Crippen molar-refractivity contribution in [3.05, 3.63) is 94.0 Å². The minimum atomic E-state index is -0.123. The Morgan fingerprint density at radius 1 is 0.667 bits per heavy atom. The lowest BCUT2D eigenvalue weighted by molar-refractivity contribution is 0.0946. The van der Waals surface area contributed by atoms with Crippen molar-refractivity contribution in [2.24, 2.45) is 21.5 Å². The normalized spacial score (nSPS) is 13.5. The molecule has 0 aromatic heterocycles. The number of carbonyl (C=O) groups excluding carboxylic acids is 2. The van der Waals surface area contributed by atoms with E-state index in [4.69, 9.17) is 21.5 Å². The van der Waals surface area contributed by atoms with Crippen LogP contribution in [0.3, 0.4) is 0 Å². The summed E-state index contributed by atoms with van der Waals surface area (Å²) < 4.78 is 0. The molecule has 8 heteroatoms. The van der Waals surface area contributed by atoms with Crippen molar-refractivity contribution >= 4 is 34.6 Å². The molecule has 2 heterocycles. The molecule has 6 N–H and O–H groups in total. The smallest absolute Gasteiger partial charge is 0.251 e. The maximum absolute atomic E-state index is 12.3. The van der Waals surface area contributed by atoms with Gasteiger partial charge in [-0.1, -0.05) is 24.3 Å². The average molecular weight is 481 g/mol. The molecular weight excluding hydrogens is 452 g/mol. The molecule has 8 nitrogen and oxygen atoms in total. The van der Waals surface area contributed by atoms with Crippen molar-refractivity contribution in [1.29, 1.82) is 0 Å². The van der Waals surface area contributed by atoms with Gasteiger partial charge >= 0.3 is 0 Å². The highest BCUT2D eigenvalue weighted by Gasteiger charge is 2.20. The zero-order valence-corrected chi connectivity index (χ0v) is 19.9. The number of nitrogens with zero attached hydrogens (tertiary/aromatic N) is 2. The highest BCUT2D eigenvalue weighted by Crippen LogP contribution is 2.32. The van der Waals surface area contributed by atoms with E-state index in [2.05, 4.69) is 34.9 Å². The van der Waals surface area contributed by atoms with E-state index in [0.717, 1.165) is 45.1 Å². The number of fused-ring (bicyclic) bond motifs is 2. The molecule has 3 aromatic carbocycles. The van der Waals surface area contributed by atoms with Crippen LogP contribution in [0, 0.1) is 0 Å². The number of carbonyl (C=O) groups is 2. The van der Waals surface area contributed by atoms with Crippen molar-refractivity contribution in [2.75, 3.05) is 26.2 Å². The summed E-state index contributed by atoms with van der Waals surface area (Å²) in [6.07, 6.45) is 1.35. The third kappa shape index (κ3) is 4.82. The number of aliphatic imine (C=N–C) groups is 2. The Labute approximate surface area is 209 Å². The predicted octanol–water partition coefficient (Wildman–Crippen LogP) is 2.42. The molecule has 0 atom stereocenters. The fourth-order valence-electron chi connectivity index (χ4n) is 4.45. The lowest BCUT2D eigenvalue weighted by Crippen LogP contribution is -2.29. The van der Waals surface area contributed by atoms with Crippen LogP contribution < -0.4 is 22.1 Å². The van der Waals surface area contributed by atoms with Gasteiger partial charge < -0.3 is 22.1 Å². The minimum Gasteiger partial charge on any atom is -0.351 e. The SMILES string of the molecule is NCCNC(=O)c1ccc2c(c1)CC(c1ccc(C3=Nc4ccc(C(=O)NCCN)cc4C3)cc1)=N2. The molecule has 0 unspecified atom stereocenters. The van der Waals surface area contributed by atoms with Gasteiger partial charge in [0, 0.05) is 50.1 Å². The third-order valence-electron chi connectivity index (χ3n) is 6.32. The Hall–Kier alpha value is -4.14. The summed E-state index contributed by atoms with van der Waals surface area (Å²) in [5.41, 5.74) is 20.1. The maximum Gasteiger partial charge on any atom is 0.251 e. The van der Waals surface area contributed by atoms with Gasteiger partial charge in [-0.3, -0.25) is 19.6 Å². The van der Waals surface area contributed by atoms with Crippen LogP contribution in [0.5, 0.6) is 0 Å². The summed E-state index contributed by atoms with van der Waals surface area (Å²) in [6, 6.07) is 19.4. The molecular formula is C28H28N6O2. The second kappa shape index (κ2) is 10.2. The van der Waals surface area contributed by atoms with Crippen LogP contribution in [0.15, 0.2) is 70.6 Å². The lowest BCUT2D eigenvalue weighted by atomic mass is 9.98. The van der Waals surface area contributed by atoms with Crippen LogP contribution in [0.25, 0.3) is 0 Å². The zero-order chi connectivity index (χ0) is 25.1. The minimum absolute atomic E-state index is 0.123. The first-order valence-corrected chi connectivity index (χ1v) is 12.0. The summed E-state index contributed by atoms with van der Waals surface area (Å²) in [5.74, 6) is -0.245. The van der Waals surface area contributed by atoms with E-state index < -0.39 is 0 Å². The van der Waals surface area contributed by atoms with E-state index in [1.807, 2.05) is 24.3 Å². The van der Waals surface area contributed by atoms with E-state index in [1.165, 1.54) is 0 Å². The highest BCUT2D eigenvalue weighted by atomic mass is 16.2. The Bertz CT molecular complexity index is 1290. The molecule has 3 aromatic rings. The van der Waals surface area contributed by atoms with Crippen molar-refractivity contribution in [3.8, 4) is 0 Å². The lowest BCUT2D eigenvalue weighted by Gasteiger charge is -2.06. The summed E-state index contributed by atoms with van der Waals surface area (Å²) in [5, 5.41) is 5.60. The first kappa shape index (κ1) is 23.6. The fraction of sp³-hybridized carbons (Fsp3) is 0.214. The van der Waals surface area contributed by atoms with Crippen LogP contribution >= 0.6 is 0 Å². The molecule has 0 saturated heterocycles. The predicted molar refractivity (Wildman–Crippen MR) is 142 cm³/mol. The average Bonchev–Trinajstić information content (AvgIpc) is 3.53. The van der Waals surface area contributed by atoms with Crippen molar-refractivity contribution in [1.82, 2.24) is 10.6 Å². The van der Waals surface area contributed by atoms with Crippen molar-refractivity contribution in [3.63, 3.8) is 0 Å². The monoisotopic (exact) mass is 480 g/mol. The molecule has 0 bridgehead atoms. The Kier molecular flexibility index (Phi) is 6.71. The fourth-order valence-corrected chi connectivity index (χ4v) is 4.45. The Morgan fingerprint density at radius 3 is 1.47 bits per heavy atom. The largest absolute Gasteiger partial charge is 0.351 e. The van der Waals surface area contributed by atoms with Crippen LogP contribution in [0.2, 0.25) is 0 Å². The van der Waals surface area contributed by atoms with Crippen molar-refractivity contribution in [2.45, 2.75) is 12.8 Å². The Balaban J connectivity index is 1.26. The van der Waals surface area contributed by atoms with Crippen LogP contribution in [-0.4, -0.2) is 49.4 Å². The number of hydrogen-bond donors (Lipinski definition) is 4. The van der Waals surface area contributed by atoms with E-state index in [-0.39, 0.29) is 11.8 Å². The number of hydrogen-bond acceptors (Lipinski definition) is 6. The number of benzene rings is 3. The number of nitrogens with one attached hydrogen (secondary N) is 2. The molecule has 2 aliphatic heterocycles. The van der Waals surface area contributed by atoms with Crippen molar-refractivity contribution < 1.29 is 9.59 Å². The van der Waals surface area contributed by atoms with Gasteiger partial charge in [0.1, 0.15) is 0 Å². The van der Waals surface area contributed by atoms with Gasteiger partial charge in [-0.2, -0.15) is 0 Å². The van der Waals surface area contributed by atoms with E-state index in [9.17, 15) is 9.59 Å². The molecule has 0 radical (unpaired) electrons. The van der Waals surface area contributed by atoms with Crippen LogP contribution in [-0.2, 0) is 12.8 Å². The Morgan fingerprint density at radius 2 is 1.08 bits per heavy atom. The highest BCUT2D eigenvalue weighted by molar-refractivity contribution is 6.10. The second-order valence-electron chi connectivity index (χ2n) is 8.82. The van der Waals surface area contributed by atoms with E-state index in [0.29, 0.717) is 50.1 Å². The molecule has 182 valence electrons. The second-order valence-corrected chi connectivity index (χ2v) is 8.82. The van der Waals surface area contributed by atoms with E-state index in [1.54, 1.807) is 12.1 Å². The van der Waals surface area contributed by atoms with Gasteiger partial charge in [-0.15, -0.1) is 0 Å². The van der Waals surface area contributed by atoms with Gasteiger partial charge in [-0.05, 0) is 58.7 Å². The molecule has 0 saturated carbocycles. The molecule has 2 aliphatic rings. The van der Waals surface area contributed by atoms with Gasteiger partial charge in [0.25, 0.3) is 11.8 Å². The van der Waals surface area contributed by atoms with Gasteiger partial charge in [0.05, 0.1) is 22.8 Å². The molecule has 0 spiro atoms. The quantitative estimate of drug-likeness (QED) is 0.394. The molecule has 36 heavy (non-hydrogen) atoms. The van der Waals surface area contributed by atoms with Crippen LogP contribution in [0.1, 0.15) is 43.0 Å². The summed E-state index contributed by atoms with van der Waals surface area (Å²) >= 11 is 0. The molecule has 0 fully saturated rings. The number of amides is 2. The first-order chi connectivity index (χ1) is 17.6. The summed E-state index contributed by atoms with van der Waals surface area (Å²) in [7, 11) is 0. The molecule has 0 aliphatic carbocycles. The number of nitrogens with two attached hydrogens (primary N) is 2. The van der Waals surface area contributed by atoms with E-state index >= 15 is 0 Å². The molecule has 5 rings (SSSR count). The maximum atomic E-state index is 12.3. The summed E-state index contributed by atoms with van der Waals surface area (Å²) in [6.45, 7) is 1.72. The van der Waals surface area contributed by atoms with Gasteiger partial charge in [0.2, 0.25) is 0 Å². The number of rotatable bonds is 8. The van der Waals surface area contributed by atoms with Gasteiger partial charge in [0.15, 0.2) is 0 Å².